The van der Waals surface area contributed by atoms with Crippen molar-refractivity contribution in [3.05, 3.63) is 28.8 Å². The number of rotatable bonds is 4. The van der Waals surface area contributed by atoms with E-state index in [-0.39, 0.29) is 18.1 Å². The van der Waals surface area contributed by atoms with E-state index in [1.54, 1.807) is 7.11 Å². The second kappa shape index (κ2) is 5.72. The first kappa shape index (κ1) is 15.0. The molecule has 3 N–H and O–H groups in total. The van der Waals surface area contributed by atoms with E-state index >= 15 is 0 Å². The van der Waals surface area contributed by atoms with Gasteiger partial charge in [-0.05, 0) is 47.6 Å². The maximum atomic E-state index is 9.01. The summed E-state index contributed by atoms with van der Waals surface area (Å²) in [5.74, 6) is 0.903. The summed E-state index contributed by atoms with van der Waals surface area (Å²) in [6, 6.07) is 4.03. The molecule has 0 spiro atoms. The summed E-state index contributed by atoms with van der Waals surface area (Å²) in [5.41, 5.74) is 9.47. The minimum atomic E-state index is -0.123. The third kappa shape index (κ3) is 3.24. The molecule has 0 aliphatic heterocycles. The average Bonchev–Trinajstić information content (AvgIpc) is 2.27. The van der Waals surface area contributed by atoms with Crippen LogP contribution in [-0.4, -0.2) is 18.8 Å². The molecule has 3 heteroatoms. The van der Waals surface area contributed by atoms with Gasteiger partial charge in [0.1, 0.15) is 5.75 Å². The van der Waals surface area contributed by atoms with E-state index in [0.717, 1.165) is 22.4 Å². The summed E-state index contributed by atoms with van der Waals surface area (Å²) >= 11 is 0. The first-order chi connectivity index (χ1) is 8.31. The Morgan fingerprint density at radius 2 is 1.94 bits per heavy atom. The first-order valence-corrected chi connectivity index (χ1v) is 6.36. The molecule has 1 aromatic rings. The van der Waals surface area contributed by atoms with Gasteiger partial charge in [-0.15, -0.1) is 0 Å². The molecule has 102 valence electrons. The summed E-state index contributed by atoms with van der Waals surface area (Å²) in [7, 11) is 1.69. The number of aliphatic hydroxyl groups is 1. The Labute approximate surface area is 110 Å². The average molecular weight is 251 g/mol. The van der Waals surface area contributed by atoms with Crippen molar-refractivity contribution in [3.8, 4) is 5.75 Å². The molecular formula is C15H25NO2. The van der Waals surface area contributed by atoms with Crippen LogP contribution in [0, 0.1) is 6.92 Å². The third-order valence-corrected chi connectivity index (χ3v) is 3.24. The van der Waals surface area contributed by atoms with Gasteiger partial charge >= 0.3 is 0 Å². The molecule has 1 rings (SSSR count). The van der Waals surface area contributed by atoms with Crippen LogP contribution in [-0.2, 0) is 5.41 Å². The van der Waals surface area contributed by atoms with Crippen LogP contribution in [0.2, 0.25) is 0 Å². The topological polar surface area (TPSA) is 55.5 Å². The molecule has 0 heterocycles. The number of aryl methyl sites for hydroxylation is 1. The molecule has 0 aliphatic rings. The summed E-state index contributed by atoms with van der Waals surface area (Å²) < 4.78 is 5.46. The Morgan fingerprint density at radius 1 is 1.33 bits per heavy atom. The molecule has 1 atom stereocenters. The Bertz CT molecular complexity index is 408. The number of benzene rings is 1. The standard InChI is InChI=1S/C15H25NO2/c1-10-8-14(18-5)12(15(2,3)4)9-11(10)13(16)6-7-17/h8-9,13,17H,6-7,16H2,1-5H3. The molecule has 0 amide bonds. The summed E-state index contributed by atoms with van der Waals surface area (Å²) in [5, 5.41) is 9.01. The van der Waals surface area contributed by atoms with Gasteiger partial charge in [-0.25, -0.2) is 0 Å². The van der Waals surface area contributed by atoms with Crippen LogP contribution in [0.5, 0.6) is 5.75 Å². The zero-order valence-electron chi connectivity index (χ0n) is 12.1. The summed E-state index contributed by atoms with van der Waals surface area (Å²) in [4.78, 5) is 0. The molecule has 0 bridgehead atoms. The zero-order chi connectivity index (χ0) is 13.9. The predicted molar refractivity (Wildman–Crippen MR) is 75.1 cm³/mol. The fourth-order valence-corrected chi connectivity index (χ4v) is 2.15. The molecule has 0 saturated heterocycles. The highest BCUT2D eigenvalue weighted by Gasteiger charge is 2.22. The maximum Gasteiger partial charge on any atom is 0.122 e. The largest absolute Gasteiger partial charge is 0.496 e. The number of methoxy groups -OCH3 is 1. The van der Waals surface area contributed by atoms with Gasteiger partial charge in [0, 0.05) is 12.6 Å². The van der Waals surface area contributed by atoms with Crippen LogP contribution in [0.25, 0.3) is 0 Å². The van der Waals surface area contributed by atoms with Crippen molar-refractivity contribution in [3.63, 3.8) is 0 Å². The lowest BCUT2D eigenvalue weighted by Gasteiger charge is -2.25. The second-order valence-electron chi connectivity index (χ2n) is 5.78. The second-order valence-corrected chi connectivity index (χ2v) is 5.78. The highest BCUT2D eigenvalue weighted by molar-refractivity contribution is 5.46. The molecule has 1 unspecified atom stereocenters. The highest BCUT2D eigenvalue weighted by atomic mass is 16.5. The molecule has 3 nitrogen and oxygen atoms in total. The van der Waals surface area contributed by atoms with E-state index < -0.39 is 0 Å². The molecule has 0 fully saturated rings. The van der Waals surface area contributed by atoms with Gasteiger partial charge in [0.25, 0.3) is 0 Å². The quantitative estimate of drug-likeness (QED) is 0.865. The third-order valence-electron chi connectivity index (χ3n) is 3.24. The van der Waals surface area contributed by atoms with Crippen molar-refractivity contribution < 1.29 is 9.84 Å². The van der Waals surface area contributed by atoms with Crippen molar-refractivity contribution >= 4 is 0 Å². The Balaban J connectivity index is 3.30. The molecule has 0 saturated carbocycles. The van der Waals surface area contributed by atoms with E-state index in [0.29, 0.717) is 6.42 Å². The van der Waals surface area contributed by atoms with Crippen LogP contribution in [0.1, 0.15) is 49.9 Å². The van der Waals surface area contributed by atoms with Crippen LogP contribution >= 0.6 is 0 Å². The Morgan fingerprint density at radius 3 is 2.39 bits per heavy atom. The van der Waals surface area contributed by atoms with Crippen LogP contribution in [0.3, 0.4) is 0 Å². The SMILES string of the molecule is COc1cc(C)c(C(N)CCO)cc1C(C)(C)C. The Hall–Kier alpha value is -1.06. The number of aliphatic hydroxyl groups excluding tert-OH is 1. The van der Waals surface area contributed by atoms with Gasteiger partial charge in [-0.3, -0.25) is 0 Å². The van der Waals surface area contributed by atoms with Crippen molar-refractivity contribution in [1.29, 1.82) is 0 Å². The van der Waals surface area contributed by atoms with Crippen LogP contribution < -0.4 is 10.5 Å². The monoisotopic (exact) mass is 251 g/mol. The van der Waals surface area contributed by atoms with Crippen molar-refractivity contribution in [2.75, 3.05) is 13.7 Å². The van der Waals surface area contributed by atoms with Crippen molar-refractivity contribution in [1.82, 2.24) is 0 Å². The van der Waals surface area contributed by atoms with E-state index in [1.165, 1.54) is 0 Å². The summed E-state index contributed by atoms with van der Waals surface area (Å²) in [6.07, 6.45) is 0.580. The fraction of sp³-hybridized carbons (Fsp3) is 0.600. The summed E-state index contributed by atoms with van der Waals surface area (Å²) in [6.45, 7) is 8.60. The van der Waals surface area contributed by atoms with Crippen molar-refractivity contribution in [2.24, 2.45) is 5.73 Å². The molecule has 0 aromatic heterocycles. The predicted octanol–water partition coefficient (Wildman–Crippen LogP) is 2.68. The molecule has 1 aromatic carbocycles. The van der Waals surface area contributed by atoms with E-state index in [4.69, 9.17) is 15.6 Å². The van der Waals surface area contributed by atoms with Crippen LogP contribution in [0.4, 0.5) is 0 Å². The molecular weight excluding hydrogens is 226 g/mol. The smallest absolute Gasteiger partial charge is 0.122 e. The lowest BCUT2D eigenvalue weighted by Crippen LogP contribution is -2.18. The number of nitrogens with two attached hydrogens (primary N) is 1. The Kier molecular flexibility index (Phi) is 4.77. The number of ether oxygens (including phenoxy) is 1. The number of hydrogen-bond acceptors (Lipinski definition) is 3. The van der Waals surface area contributed by atoms with Crippen molar-refractivity contribution in [2.45, 2.75) is 45.6 Å². The lowest BCUT2D eigenvalue weighted by molar-refractivity contribution is 0.276. The van der Waals surface area contributed by atoms with Gasteiger partial charge in [0.2, 0.25) is 0 Å². The molecule has 0 radical (unpaired) electrons. The first-order valence-electron chi connectivity index (χ1n) is 6.36. The van der Waals surface area contributed by atoms with Gasteiger partial charge < -0.3 is 15.6 Å². The van der Waals surface area contributed by atoms with Crippen LogP contribution in [0.15, 0.2) is 12.1 Å². The van der Waals surface area contributed by atoms with Gasteiger partial charge in [0.15, 0.2) is 0 Å². The lowest BCUT2D eigenvalue weighted by atomic mass is 9.83. The van der Waals surface area contributed by atoms with E-state index in [2.05, 4.69) is 26.8 Å². The van der Waals surface area contributed by atoms with Gasteiger partial charge in [-0.1, -0.05) is 20.8 Å². The van der Waals surface area contributed by atoms with Gasteiger partial charge in [0.05, 0.1) is 7.11 Å². The molecule has 18 heavy (non-hydrogen) atoms. The van der Waals surface area contributed by atoms with E-state index in [9.17, 15) is 0 Å². The minimum Gasteiger partial charge on any atom is -0.496 e. The minimum absolute atomic E-state index is 0.00667. The maximum absolute atomic E-state index is 9.01. The van der Waals surface area contributed by atoms with Gasteiger partial charge in [-0.2, -0.15) is 0 Å². The molecule has 0 aliphatic carbocycles. The number of hydrogen-bond donors (Lipinski definition) is 2. The fourth-order valence-electron chi connectivity index (χ4n) is 2.15. The highest BCUT2D eigenvalue weighted by Crippen LogP contribution is 2.35. The van der Waals surface area contributed by atoms with E-state index in [1.807, 2.05) is 13.0 Å². The zero-order valence-corrected chi connectivity index (χ0v) is 12.1. The normalized spacial score (nSPS) is 13.5.